The fourth-order valence-corrected chi connectivity index (χ4v) is 1.02. The number of halogens is 2. The summed E-state index contributed by atoms with van der Waals surface area (Å²) in [7, 11) is 1.14. The molecular formula is C8H6ClFO3. The minimum Gasteiger partial charge on any atom is -0.506 e. The van der Waals surface area contributed by atoms with Crippen LogP contribution in [0.5, 0.6) is 5.75 Å². The molecule has 0 aliphatic heterocycles. The Bertz CT molecular complexity index is 351. The molecule has 0 saturated carbocycles. The highest BCUT2D eigenvalue weighted by Crippen LogP contribution is 2.28. The van der Waals surface area contributed by atoms with E-state index in [4.69, 9.17) is 16.7 Å². The van der Waals surface area contributed by atoms with Crippen LogP contribution in [0.25, 0.3) is 0 Å². The molecule has 0 radical (unpaired) electrons. The van der Waals surface area contributed by atoms with Crippen molar-refractivity contribution < 1.29 is 19.0 Å². The van der Waals surface area contributed by atoms with Crippen LogP contribution >= 0.6 is 11.6 Å². The lowest BCUT2D eigenvalue weighted by molar-refractivity contribution is 0.0600. The summed E-state index contributed by atoms with van der Waals surface area (Å²) < 4.78 is 17.0. The molecule has 3 nitrogen and oxygen atoms in total. The maximum absolute atomic E-state index is 12.7. The Morgan fingerprint density at radius 2 is 2.23 bits per heavy atom. The maximum atomic E-state index is 12.7. The second-order valence-electron chi connectivity index (χ2n) is 2.28. The lowest BCUT2D eigenvalue weighted by Crippen LogP contribution is -2.02. The first kappa shape index (κ1) is 9.80. The van der Waals surface area contributed by atoms with Crippen molar-refractivity contribution in [2.45, 2.75) is 0 Å². The van der Waals surface area contributed by atoms with Gasteiger partial charge in [-0.3, -0.25) is 0 Å². The SMILES string of the molecule is COC(=O)c1cc(F)cc(O)c1Cl. The van der Waals surface area contributed by atoms with Crippen LogP contribution in [0.2, 0.25) is 5.02 Å². The number of phenolic OH excluding ortho intramolecular Hbond substituents is 1. The lowest BCUT2D eigenvalue weighted by atomic mass is 10.2. The van der Waals surface area contributed by atoms with Gasteiger partial charge in [0.05, 0.1) is 17.7 Å². The van der Waals surface area contributed by atoms with E-state index in [2.05, 4.69) is 4.74 Å². The number of carbonyl (C=O) groups is 1. The molecule has 13 heavy (non-hydrogen) atoms. The fraction of sp³-hybridized carbons (Fsp3) is 0.125. The van der Waals surface area contributed by atoms with Crippen LogP contribution in [0.4, 0.5) is 4.39 Å². The number of hydrogen-bond acceptors (Lipinski definition) is 3. The molecule has 5 heteroatoms. The van der Waals surface area contributed by atoms with Crippen LogP contribution in [0.1, 0.15) is 10.4 Å². The molecule has 0 aliphatic carbocycles. The highest BCUT2D eigenvalue weighted by Gasteiger charge is 2.15. The van der Waals surface area contributed by atoms with Crippen molar-refractivity contribution in [3.05, 3.63) is 28.5 Å². The molecule has 0 atom stereocenters. The van der Waals surface area contributed by atoms with Gasteiger partial charge in [-0.05, 0) is 6.07 Å². The molecule has 0 spiro atoms. The summed E-state index contributed by atoms with van der Waals surface area (Å²) in [4.78, 5) is 11.0. The molecule has 1 aromatic rings. The fourth-order valence-electron chi connectivity index (χ4n) is 0.833. The summed E-state index contributed by atoms with van der Waals surface area (Å²) >= 11 is 5.52. The van der Waals surface area contributed by atoms with Gasteiger partial charge >= 0.3 is 5.97 Å². The van der Waals surface area contributed by atoms with E-state index in [1.165, 1.54) is 0 Å². The number of phenols is 1. The van der Waals surface area contributed by atoms with Crippen LogP contribution in [0.15, 0.2) is 12.1 Å². The number of benzene rings is 1. The number of hydrogen-bond donors (Lipinski definition) is 1. The number of aromatic hydroxyl groups is 1. The summed E-state index contributed by atoms with van der Waals surface area (Å²) in [6, 6.07) is 1.71. The molecule has 1 rings (SSSR count). The van der Waals surface area contributed by atoms with E-state index < -0.39 is 17.5 Å². The van der Waals surface area contributed by atoms with Crippen LogP contribution in [0.3, 0.4) is 0 Å². The van der Waals surface area contributed by atoms with Crippen molar-refractivity contribution in [3.8, 4) is 5.75 Å². The zero-order valence-corrected chi connectivity index (χ0v) is 7.43. The Morgan fingerprint density at radius 3 is 2.77 bits per heavy atom. The maximum Gasteiger partial charge on any atom is 0.339 e. The number of rotatable bonds is 1. The first-order valence-corrected chi connectivity index (χ1v) is 3.70. The van der Waals surface area contributed by atoms with E-state index in [-0.39, 0.29) is 10.6 Å². The van der Waals surface area contributed by atoms with Gasteiger partial charge in [-0.2, -0.15) is 0 Å². The second kappa shape index (κ2) is 3.62. The van der Waals surface area contributed by atoms with Crippen molar-refractivity contribution in [1.29, 1.82) is 0 Å². The summed E-state index contributed by atoms with van der Waals surface area (Å²) in [5.74, 6) is -2.02. The van der Waals surface area contributed by atoms with Crippen LogP contribution in [-0.2, 0) is 4.74 Å². The summed E-state index contributed by atoms with van der Waals surface area (Å²) in [5.41, 5.74) is -0.193. The first-order valence-electron chi connectivity index (χ1n) is 3.32. The van der Waals surface area contributed by atoms with Gasteiger partial charge in [0.15, 0.2) is 0 Å². The van der Waals surface area contributed by atoms with Crippen molar-refractivity contribution in [2.24, 2.45) is 0 Å². The summed E-state index contributed by atoms with van der Waals surface area (Å²) in [6.45, 7) is 0. The lowest BCUT2D eigenvalue weighted by Gasteiger charge is -2.03. The molecular weight excluding hydrogens is 199 g/mol. The molecule has 0 saturated heterocycles. The Labute approximate surface area is 78.7 Å². The zero-order valence-electron chi connectivity index (χ0n) is 6.67. The summed E-state index contributed by atoms with van der Waals surface area (Å²) in [5, 5.41) is 8.83. The van der Waals surface area contributed by atoms with Crippen molar-refractivity contribution in [1.82, 2.24) is 0 Å². The third-order valence-corrected chi connectivity index (χ3v) is 1.82. The van der Waals surface area contributed by atoms with Gasteiger partial charge in [0, 0.05) is 6.07 Å². The Hall–Kier alpha value is -1.29. The predicted molar refractivity (Wildman–Crippen MR) is 44.4 cm³/mol. The third-order valence-electron chi connectivity index (χ3n) is 1.42. The minimum atomic E-state index is -0.792. The third kappa shape index (κ3) is 1.89. The van der Waals surface area contributed by atoms with Crippen molar-refractivity contribution in [2.75, 3.05) is 7.11 Å². The van der Waals surface area contributed by atoms with E-state index in [1.54, 1.807) is 0 Å². The number of esters is 1. The van der Waals surface area contributed by atoms with E-state index >= 15 is 0 Å². The van der Waals surface area contributed by atoms with Gasteiger partial charge in [-0.25, -0.2) is 9.18 Å². The van der Waals surface area contributed by atoms with E-state index in [0.717, 1.165) is 19.2 Å². The Morgan fingerprint density at radius 1 is 1.62 bits per heavy atom. The standard InChI is InChI=1S/C8H6ClFO3/c1-13-8(12)5-2-4(10)3-6(11)7(5)9/h2-3,11H,1H3. The van der Waals surface area contributed by atoms with Gasteiger partial charge in [0.1, 0.15) is 11.6 Å². The zero-order chi connectivity index (χ0) is 10.0. The molecule has 1 aromatic carbocycles. The molecule has 0 heterocycles. The van der Waals surface area contributed by atoms with Gasteiger partial charge in [0.25, 0.3) is 0 Å². The van der Waals surface area contributed by atoms with Gasteiger partial charge < -0.3 is 9.84 Å². The van der Waals surface area contributed by atoms with Gasteiger partial charge in [0.2, 0.25) is 0 Å². The largest absolute Gasteiger partial charge is 0.506 e. The molecule has 0 aliphatic rings. The quantitative estimate of drug-likeness (QED) is 0.712. The molecule has 0 aromatic heterocycles. The smallest absolute Gasteiger partial charge is 0.339 e. The highest BCUT2D eigenvalue weighted by molar-refractivity contribution is 6.34. The normalized spacial score (nSPS) is 9.77. The average molecular weight is 205 g/mol. The van der Waals surface area contributed by atoms with Crippen LogP contribution < -0.4 is 0 Å². The van der Waals surface area contributed by atoms with Gasteiger partial charge in [-0.1, -0.05) is 11.6 Å². The van der Waals surface area contributed by atoms with Crippen molar-refractivity contribution in [3.63, 3.8) is 0 Å². The van der Waals surface area contributed by atoms with E-state index in [1.807, 2.05) is 0 Å². The molecule has 0 amide bonds. The van der Waals surface area contributed by atoms with E-state index in [0.29, 0.717) is 0 Å². The van der Waals surface area contributed by atoms with E-state index in [9.17, 15) is 9.18 Å². The Kier molecular flexibility index (Phi) is 2.72. The van der Waals surface area contributed by atoms with Gasteiger partial charge in [-0.15, -0.1) is 0 Å². The number of methoxy groups -OCH3 is 1. The molecule has 70 valence electrons. The monoisotopic (exact) mass is 204 g/mol. The Balaban J connectivity index is 3.28. The number of carbonyl (C=O) groups excluding carboxylic acids is 1. The predicted octanol–water partition coefficient (Wildman–Crippen LogP) is 1.97. The average Bonchev–Trinajstić information content (AvgIpc) is 2.10. The molecule has 0 unspecified atom stereocenters. The van der Waals surface area contributed by atoms with Crippen LogP contribution in [0, 0.1) is 5.82 Å². The van der Waals surface area contributed by atoms with Crippen molar-refractivity contribution >= 4 is 17.6 Å². The van der Waals surface area contributed by atoms with Crippen LogP contribution in [-0.4, -0.2) is 18.2 Å². The minimum absolute atomic E-state index is 0.193. The summed E-state index contributed by atoms with van der Waals surface area (Å²) in [6.07, 6.45) is 0. The molecule has 1 N–H and O–H groups in total. The topological polar surface area (TPSA) is 46.5 Å². The number of ether oxygens (including phenoxy) is 1. The molecule has 0 bridgehead atoms. The first-order chi connectivity index (χ1) is 6.06. The highest BCUT2D eigenvalue weighted by atomic mass is 35.5. The molecule has 0 fully saturated rings. The second-order valence-corrected chi connectivity index (χ2v) is 2.66.